The number of nitrogens with one attached hydrogen (secondary N) is 1. The van der Waals surface area contributed by atoms with Crippen LogP contribution in [0.3, 0.4) is 0 Å². The molecule has 6 nitrogen and oxygen atoms in total. The molecule has 0 atom stereocenters. The lowest BCUT2D eigenvalue weighted by Crippen LogP contribution is -2.30. The molecule has 1 saturated carbocycles. The first-order chi connectivity index (χ1) is 11.9. The number of hydrogen-bond acceptors (Lipinski definition) is 6. The van der Waals surface area contributed by atoms with Gasteiger partial charge in [0.25, 0.3) is 0 Å². The average Bonchev–Trinajstić information content (AvgIpc) is 3.08. The second kappa shape index (κ2) is 8.61. The molecule has 0 saturated heterocycles. The van der Waals surface area contributed by atoms with Crippen molar-refractivity contribution in [2.75, 3.05) is 12.8 Å². The molecule has 0 bridgehead atoms. The predicted octanol–water partition coefficient (Wildman–Crippen LogP) is 3.46. The molecule has 1 heterocycles. The highest BCUT2D eigenvalue weighted by Crippen LogP contribution is 2.37. The molecule has 1 fully saturated rings. The fourth-order valence-electron chi connectivity index (χ4n) is 2.98. The topological polar surface area (TPSA) is 91.5 Å². The van der Waals surface area contributed by atoms with Gasteiger partial charge in [0.05, 0.1) is 29.1 Å². The summed E-state index contributed by atoms with van der Waals surface area (Å²) in [5.74, 6) is 0.858. The molecule has 1 aliphatic rings. The number of rotatable bonds is 7. The van der Waals surface area contributed by atoms with Crippen LogP contribution in [-0.2, 0) is 14.8 Å². The third-order valence-electron chi connectivity index (χ3n) is 4.39. The SMILES string of the molecule is C=Nc1sccc1/C(OC1CCC(CS(=O)(=O)NC)CC1)=C(\C)C#N. The van der Waals surface area contributed by atoms with Crippen LogP contribution >= 0.6 is 11.3 Å². The van der Waals surface area contributed by atoms with E-state index in [1.165, 1.54) is 18.4 Å². The molecule has 25 heavy (non-hydrogen) atoms. The molecule has 1 N–H and O–H groups in total. The minimum atomic E-state index is -3.18. The van der Waals surface area contributed by atoms with Crippen molar-refractivity contribution in [3.63, 3.8) is 0 Å². The van der Waals surface area contributed by atoms with Crippen LogP contribution in [0.2, 0.25) is 0 Å². The van der Waals surface area contributed by atoms with Crippen molar-refractivity contribution < 1.29 is 13.2 Å². The van der Waals surface area contributed by atoms with Crippen molar-refractivity contribution in [2.24, 2.45) is 10.9 Å². The Morgan fingerprint density at radius 2 is 2.16 bits per heavy atom. The Morgan fingerprint density at radius 3 is 2.72 bits per heavy atom. The van der Waals surface area contributed by atoms with Crippen LogP contribution in [0, 0.1) is 17.2 Å². The van der Waals surface area contributed by atoms with Crippen molar-refractivity contribution >= 4 is 38.8 Å². The molecule has 1 aromatic heterocycles. The van der Waals surface area contributed by atoms with Crippen LogP contribution in [0.25, 0.3) is 5.76 Å². The second-order valence-electron chi connectivity index (χ2n) is 6.11. The molecule has 0 aliphatic heterocycles. The van der Waals surface area contributed by atoms with Gasteiger partial charge in [-0.25, -0.2) is 13.1 Å². The summed E-state index contributed by atoms with van der Waals surface area (Å²) in [5, 5.41) is 11.9. The van der Waals surface area contributed by atoms with E-state index in [2.05, 4.69) is 22.5 Å². The first-order valence-corrected chi connectivity index (χ1v) is 10.7. The average molecular weight is 382 g/mol. The third-order valence-corrected chi connectivity index (χ3v) is 6.76. The third kappa shape index (κ3) is 5.14. The first-order valence-electron chi connectivity index (χ1n) is 8.13. The Balaban J connectivity index is 2.06. The summed E-state index contributed by atoms with van der Waals surface area (Å²) in [6.45, 7) is 5.29. The van der Waals surface area contributed by atoms with Gasteiger partial charge in [-0.15, -0.1) is 11.3 Å². The minimum absolute atomic E-state index is 0.0237. The van der Waals surface area contributed by atoms with Crippen LogP contribution in [0.15, 0.2) is 22.0 Å². The van der Waals surface area contributed by atoms with Gasteiger partial charge in [0, 0.05) is 0 Å². The zero-order chi connectivity index (χ0) is 18.4. The molecule has 0 radical (unpaired) electrons. The molecule has 0 spiro atoms. The number of nitriles is 1. The van der Waals surface area contributed by atoms with Crippen molar-refractivity contribution in [3.05, 3.63) is 22.6 Å². The number of thiophene rings is 1. The maximum atomic E-state index is 11.7. The smallest absolute Gasteiger partial charge is 0.211 e. The van der Waals surface area contributed by atoms with Crippen LogP contribution in [0.4, 0.5) is 5.00 Å². The number of nitrogens with zero attached hydrogens (tertiary/aromatic N) is 2. The van der Waals surface area contributed by atoms with E-state index in [0.717, 1.165) is 36.2 Å². The number of allylic oxidation sites excluding steroid dienone is 1. The van der Waals surface area contributed by atoms with E-state index >= 15 is 0 Å². The maximum Gasteiger partial charge on any atom is 0.211 e. The van der Waals surface area contributed by atoms with Crippen LogP contribution in [0.5, 0.6) is 0 Å². The van der Waals surface area contributed by atoms with E-state index in [0.29, 0.717) is 11.3 Å². The lowest BCUT2D eigenvalue weighted by molar-refractivity contribution is 0.108. The largest absolute Gasteiger partial charge is 0.489 e. The number of ether oxygens (including phenoxy) is 1. The standard InChI is InChI=1S/C17H23N3O3S2/c1-12(10-18)16(15-8-9-24-17(15)19-2)23-14-6-4-13(5-7-14)11-25(21,22)20-3/h8-9,13-14,20H,2,4-7,11H2,1,3H3/b16-12-. The minimum Gasteiger partial charge on any atom is -0.489 e. The highest BCUT2D eigenvalue weighted by Gasteiger charge is 2.27. The Hall–Kier alpha value is -1.69. The lowest BCUT2D eigenvalue weighted by Gasteiger charge is -2.29. The summed E-state index contributed by atoms with van der Waals surface area (Å²) < 4.78 is 31.9. The van der Waals surface area contributed by atoms with Gasteiger partial charge in [-0.2, -0.15) is 5.26 Å². The normalized spacial score (nSPS) is 22.0. The van der Waals surface area contributed by atoms with E-state index in [1.54, 1.807) is 6.92 Å². The molecule has 0 aromatic carbocycles. The Morgan fingerprint density at radius 1 is 1.48 bits per heavy atom. The van der Waals surface area contributed by atoms with Crippen LogP contribution in [0.1, 0.15) is 38.2 Å². The van der Waals surface area contributed by atoms with Crippen molar-refractivity contribution in [1.29, 1.82) is 5.26 Å². The van der Waals surface area contributed by atoms with Gasteiger partial charge in [-0.05, 0) is 63.7 Å². The Bertz CT molecular complexity index is 782. The number of hydrogen-bond donors (Lipinski definition) is 1. The molecule has 1 aromatic rings. The fourth-order valence-corrected chi connectivity index (χ4v) is 4.79. The zero-order valence-electron chi connectivity index (χ0n) is 14.5. The van der Waals surface area contributed by atoms with Gasteiger partial charge in [0.15, 0.2) is 0 Å². The zero-order valence-corrected chi connectivity index (χ0v) is 16.1. The monoisotopic (exact) mass is 381 g/mol. The highest BCUT2D eigenvalue weighted by atomic mass is 32.2. The molecule has 0 amide bonds. The molecular formula is C17H23N3O3S2. The van der Waals surface area contributed by atoms with Crippen LogP contribution in [-0.4, -0.2) is 34.0 Å². The van der Waals surface area contributed by atoms with Gasteiger partial charge in [0.2, 0.25) is 10.0 Å². The fraction of sp³-hybridized carbons (Fsp3) is 0.529. The van der Waals surface area contributed by atoms with Crippen molar-refractivity contribution in [2.45, 2.75) is 38.7 Å². The van der Waals surface area contributed by atoms with Crippen LogP contribution < -0.4 is 4.72 Å². The Kier molecular flexibility index (Phi) is 6.76. The van der Waals surface area contributed by atoms with E-state index in [1.807, 2.05) is 11.4 Å². The van der Waals surface area contributed by atoms with Gasteiger partial charge in [0.1, 0.15) is 10.8 Å². The summed E-state index contributed by atoms with van der Waals surface area (Å²) in [5.41, 5.74) is 1.29. The molecule has 2 rings (SSSR count). The molecular weight excluding hydrogens is 358 g/mol. The second-order valence-corrected chi connectivity index (χ2v) is 8.98. The van der Waals surface area contributed by atoms with Gasteiger partial charge < -0.3 is 4.74 Å². The quantitative estimate of drug-likeness (QED) is 0.445. The van der Waals surface area contributed by atoms with E-state index in [4.69, 9.17) is 4.74 Å². The molecule has 1 aliphatic carbocycles. The van der Waals surface area contributed by atoms with Crippen molar-refractivity contribution in [1.82, 2.24) is 4.72 Å². The van der Waals surface area contributed by atoms with Gasteiger partial charge >= 0.3 is 0 Å². The lowest BCUT2D eigenvalue weighted by atomic mass is 9.88. The first kappa shape index (κ1) is 19.6. The summed E-state index contributed by atoms with van der Waals surface area (Å²) in [7, 11) is -1.74. The summed E-state index contributed by atoms with van der Waals surface area (Å²) in [6, 6.07) is 4.04. The number of sulfonamides is 1. The summed E-state index contributed by atoms with van der Waals surface area (Å²) in [4.78, 5) is 3.99. The van der Waals surface area contributed by atoms with E-state index in [9.17, 15) is 13.7 Å². The predicted molar refractivity (Wildman–Crippen MR) is 101 cm³/mol. The van der Waals surface area contributed by atoms with Gasteiger partial charge in [-0.1, -0.05) is 0 Å². The van der Waals surface area contributed by atoms with Crippen molar-refractivity contribution in [3.8, 4) is 6.07 Å². The highest BCUT2D eigenvalue weighted by molar-refractivity contribution is 7.89. The number of aliphatic imine (C=N–C) groups is 1. The maximum absolute atomic E-state index is 11.7. The van der Waals surface area contributed by atoms with E-state index in [-0.39, 0.29) is 17.8 Å². The Labute approximate surface area is 153 Å². The molecule has 0 unspecified atom stereocenters. The molecule has 8 heteroatoms. The summed E-state index contributed by atoms with van der Waals surface area (Å²) >= 11 is 1.45. The molecule has 136 valence electrons. The van der Waals surface area contributed by atoms with E-state index < -0.39 is 10.0 Å². The summed E-state index contributed by atoms with van der Waals surface area (Å²) in [6.07, 6.45) is 3.10. The van der Waals surface area contributed by atoms with Gasteiger partial charge in [-0.3, -0.25) is 4.99 Å².